The summed E-state index contributed by atoms with van der Waals surface area (Å²) in [6, 6.07) is 6.58. The van der Waals surface area contributed by atoms with Crippen LogP contribution in [-0.4, -0.2) is 45.5 Å². The highest BCUT2D eigenvalue weighted by molar-refractivity contribution is 5.73. The Kier molecular flexibility index (Phi) is 5.20. The molecule has 146 valence electrons. The number of hydrogen-bond acceptors (Lipinski definition) is 4. The number of rotatable bonds is 1. The van der Waals surface area contributed by atoms with Crippen molar-refractivity contribution in [2.75, 3.05) is 13.1 Å². The van der Waals surface area contributed by atoms with Gasteiger partial charge in [-0.3, -0.25) is 0 Å². The SMILES string of the molecule is Fc1ccc(-c2cnc3n2CC2(CCNC2)OC3)cc1.O=C(O)C(F)(F)F. The van der Waals surface area contributed by atoms with Crippen molar-refractivity contribution < 1.29 is 32.2 Å². The first-order valence-electron chi connectivity index (χ1n) is 8.15. The van der Waals surface area contributed by atoms with Crippen LogP contribution in [0.1, 0.15) is 12.2 Å². The molecule has 3 heterocycles. The number of halogens is 4. The van der Waals surface area contributed by atoms with Crippen molar-refractivity contribution >= 4 is 5.97 Å². The predicted octanol–water partition coefficient (Wildman–Crippen LogP) is 2.58. The maximum absolute atomic E-state index is 13.1. The van der Waals surface area contributed by atoms with E-state index in [-0.39, 0.29) is 11.4 Å². The zero-order chi connectivity index (χ0) is 19.7. The van der Waals surface area contributed by atoms with E-state index in [9.17, 15) is 17.6 Å². The first kappa shape index (κ1) is 19.3. The number of benzene rings is 1. The second-order valence-electron chi connectivity index (χ2n) is 6.35. The Labute approximate surface area is 151 Å². The van der Waals surface area contributed by atoms with E-state index in [2.05, 4.69) is 14.9 Å². The molecule has 1 aromatic heterocycles. The fraction of sp³-hybridized carbons (Fsp3) is 0.412. The van der Waals surface area contributed by atoms with Gasteiger partial charge in [0.05, 0.1) is 18.4 Å². The summed E-state index contributed by atoms with van der Waals surface area (Å²) in [5.74, 6) is -2.03. The molecule has 1 saturated heterocycles. The Bertz CT molecular complexity index is 812. The van der Waals surface area contributed by atoms with Gasteiger partial charge < -0.3 is 19.7 Å². The molecular formula is C17H17F4N3O3. The highest BCUT2D eigenvalue weighted by atomic mass is 19.4. The van der Waals surface area contributed by atoms with Crippen molar-refractivity contribution in [1.29, 1.82) is 0 Å². The maximum Gasteiger partial charge on any atom is 0.490 e. The molecule has 4 rings (SSSR count). The molecule has 1 spiro atoms. The second-order valence-corrected chi connectivity index (χ2v) is 6.35. The average molecular weight is 387 g/mol. The minimum absolute atomic E-state index is 0.109. The van der Waals surface area contributed by atoms with Gasteiger partial charge in [-0.2, -0.15) is 13.2 Å². The number of fused-ring (bicyclic) bond motifs is 1. The zero-order valence-corrected chi connectivity index (χ0v) is 14.1. The van der Waals surface area contributed by atoms with E-state index in [1.807, 2.05) is 6.20 Å². The number of nitrogens with one attached hydrogen (secondary N) is 1. The van der Waals surface area contributed by atoms with E-state index in [0.717, 1.165) is 43.1 Å². The molecule has 6 nitrogen and oxygen atoms in total. The monoisotopic (exact) mass is 387 g/mol. The number of carbonyl (C=O) groups is 1. The Morgan fingerprint density at radius 2 is 1.96 bits per heavy atom. The highest BCUT2D eigenvalue weighted by Crippen LogP contribution is 2.32. The van der Waals surface area contributed by atoms with Crippen LogP contribution in [-0.2, 0) is 22.7 Å². The first-order chi connectivity index (χ1) is 12.7. The van der Waals surface area contributed by atoms with Gasteiger partial charge in [0.15, 0.2) is 0 Å². The van der Waals surface area contributed by atoms with Crippen molar-refractivity contribution in [2.45, 2.75) is 31.3 Å². The van der Waals surface area contributed by atoms with Gasteiger partial charge in [0.25, 0.3) is 0 Å². The van der Waals surface area contributed by atoms with E-state index in [4.69, 9.17) is 14.6 Å². The molecule has 1 unspecified atom stereocenters. The van der Waals surface area contributed by atoms with Gasteiger partial charge in [-0.25, -0.2) is 14.2 Å². The van der Waals surface area contributed by atoms with Crippen LogP contribution in [0, 0.1) is 5.82 Å². The van der Waals surface area contributed by atoms with Crippen LogP contribution < -0.4 is 5.32 Å². The summed E-state index contributed by atoms with van der Waals surface area (Å²) in [6.45, 7) is 3.23. The van der Waals surface area contributed by atoms with Crippen LogP contribution in [0.3, 0.4) is 0 Å². The summed E-state index contributed by atoms with van der Waals surface area (Å²) in [6.07, 6.45) is -2.21. The number of aromatic nitrogens is 2. The summed E-state index contributed by atoms with van der Waals surface area (Å²) in [7, 11) is 0. The lowest BCUT2D eigenvalue weighted by Gasteiger charge is -2.34. The molecular weight excluding hydrogens is 370 g/mol. The number of ether oxygens (including phenoxy) is 1. The predicted molar refractivity (Wildman–Crippen MR) is 86.3 cm³/mol. The maximum atomic E-state index is 13.1. The summed E-state index contributed by atoms with van der Waals surface area (Å²) in [5, 5.41) is 10.5. The van der Waals surface area contributed by atoms with Crippen LogP contribution in [0.4, 0.5) is 17.6 Å². The molecule has 27 heavy (non-hydrogen) atoms. The largest absolute Gasteiger partial charge is 0.490 e. The average Bonchev–Trinajstić information content (AvgIpc) is 3.23. The van der Waals surface area contributed by atoms with Gasteiger partial charge >= 0.3 is 12.1 Å². The summed E-state index contributed by atoms with van der Waals surface area (Å²) in [4.78, 5) is 13.3. The molecule has 1 fully saturated rings. The number of carboxylic acids is 1. The quantitative estimate of drug-likeness (QED) is 0.736. The third-order valence-corrected chi connectivity index (χ3v) is 4.48. The molecule has 1 aromatic carbocycles. The summed E-state index contributed by atoms with van der Waals surface area (Å²) >= 11 is 0. The fourth-order valence-corrected chi connectivity index (χ4v) is 3.09. The highest BCUT2D eigenvalue weighted by Gasteiger charge is 2.40. The molecule has 1 atom stereocenters. The van der Waals surface area contributed by atoms with Gasteiger partial charge in [-0.1, -0.05) is 0 Å². The molecule has 2 aromatic rings. The second kappa shape index (κ2) is 7.28. The molecule has 0 bridgehead atoms. The molecule has 0 radical (unpaired) electrons. The molecule has 10 heteroatoms. The minimum Gasteiger partial charge on any atom is -0.475 e. The van der Waals surface area contributed by atoms with Crippen molar-refractivity contribution in [3.05, 3.63) is 42.1 Å². The first-order valence-corrected chi connectivity index (χ1v) is 8.15. The van der Waals surface area contributed by atoms with Gasteiger partial charge in [0.2, 0.25) is 0 Å². The topological polar surface area (TPSA) is 76.4 Å². The zero-order valence-electron chi connectivity index (χ0n) is 14.1. The Balaban J connectivity index is 0.000000260. The molecule has 0 aliphatic carbocycles. The van der Waals surface area contributed by atoms with Gasteiger partial charge in [-0.05, 0) is 42.8 Å². The van der Waals surface area contributed by atoms with Crippen molar-refractivity contribution in [3.63, 3.8) is 0 Å². The summed E-state index contributed by atoms with van der Waals surface area (Å²) < 4.78 is 53.0. The molecule has 2 aliphatic heterocycles. The van der Waals surface area contributed by atoms with Crippen molar-refractivity contribution in [1.82, 2.24) is 14.9 Å². The number of nitrogens with zero attached hydrogens (tertiary/aromatic N) is 2. The van der Waals surface area contributed by atoms with Gasteiger partial charge in [-0.15, -0.1) is 0 Å². The van der Waals surface area contributed by atoms with E-state index in [0.29, 0.717) is 6.61 Å². The molecule has 2 N–H and O–H groups in total. The lowest BCUT2D eigenvalue weighted by Crippen LogP contribution is -2.43. The van der Waals surface area contributed by atoms with Gasteiger partial charge in [0, 0.05) is 6.54 Å². The fourth-order valence-electron chi connectivity index (χ4n) is 3.09. The van der Waals surface area contributed by atoms with Gasteiger partial charge in [0.1, 0.15) is 23.8 Å². The van der Waals surface area contributed by atoms with Crippen LogP contribution in [0.5, 0.6) is 0 Å². The number of alkyl halides is 3. The number of imidazole rings is 1. The third-order valence-electron chi connectivity index (χ3n) is 4.48. The Hall–Kier alpha value is -2.46. The molecule has 0 saturated carbocycles. The van der Waals surface area contributed by atoms with Crippen LogP contribution in [0.2, 0.25) is 0 Å². The van der Waals surface area contributed by atoms with Crippen LogP contribution >= 0.6 is 0 Å². The Morgan fingerprint density at radius 1 is 1.30 bits per heavy atom. The minimum atomic E-state index is -5.08. The van der Waals surface area contributed by atoms with E-state index >= 15 is 0 Å². The normalized spacial score (nSPS) is 21.5. The van der Waals surface area contributed by atoms with Crippen LogP contribution in [0.25, 0.3) is 11.3 Å². The van der Waals surface area contributed by atoms with Crippen molar-refractivity contribution in [2.24, 2.45) is 0 Å². The number of aliphatic carboxylic acids is 1. The molecule has 2 aliphatic rings. The van der Waals surface area contributed by atoms with Crippen LogP contribution in [0.15, 0.2) is 30.5 Å². The lowest BCUT2D eigenvalue weighted by molar-refractivity contribution is -0.192. The Morgan fingerprint density at radius 3 is 2.52 bits per heavy atom. The number of hydrogen-bond donors (Lipinski definition) is 2. The van der Waals surface area contributed by atoms with Crippen molar-refractivity contribution in [3.8, 4) is 11.3 Å². The van der Waals surface area contributed by atoms with E-state index < -0.39 is 12.1 Å². The standard InChI is InChI=1S/C15H16FN3O.C2HF3O2/c16-12-3-1-11(2-4-12)13-7-18-14-8-20-15(10-19(13)14)5-6-17-9-15;3-2(4,5)1(6)7/h1-4,7,17H,5-6,8-10H2;(H,6,7). The third kappa shape index (κ3) is 4.28. The lowest BCUT2D eigenvalue weighted by atomic mass is 10.0. The summed E-state index contributed by atoms with van der Waals surface area (Å²) in [5.41, 5.74) is 1.92. The smallest absolute Gasteiger partial charge is 0.475 e. The molecule has 0 amide bonds. The number of carboxylic acid groups (broad SMARTS) is 1. The van der Waals surface area contributed by atoms with E-state index in [1.165, 1.54) is 12.1 Å². The van der Waals surface area contributed by atoms with E-state index in [1.54, 1.807) is 12.1 Å².